The Hall–Kier alpha value is -2.43. The number of para-hydroxylation sites is 1. The number of nitrogen functional groups attached to an aromatic ring is 1. The monoisotopic (exact) mass is 243 g/mol. The number of nitrogens with one attached hydrogen (secondary N) is 1. The number of oxazole rings is 1. The zero-order valence-corrected chi connectivity index (χ0v) is 9.72. The van der Waals surface area contributed by atoms with Crippen molar-refractivity contribution < 1.29 is 8.83 Å². The lowest BCUT2D eigenvalue weighted by molar-refractivity contribution is 0.511. The van der Waals surface area contributed by atoms with E-state index in [1.54, 1.807) is 12.3 Å². The topological polar surface area (TPSA) is 77.2 Å². The molecule has 5 heteroatoms. The van der Waals surface area contributed by atoms with Crippen LogP contribution in [0.2, 0.25) is 0 Å². The van der Waals surface area contributed by atoms with E-state index in [4.69, 9.17) is 14.6 Å². The van der Waals surface area contributed by atoms with Gasteiger partial charge in [0.05, 0.1) is 12.0 Å². The van der Waals surface area contributed by atoms with Crippen molar-refractivity contribution in [2.24, 2.45) is 0 Å². The summed E-state index contributed by atoms with van der Waals surface area (Å²) in [7, 11) is 0. The third kappa shape index (κ3) is 2.02. The van der Waals surface area contributed by atoms with Crippen LogP contribution in [0.4, 0.5) is 11.7 Å². The van der Waals surface area contributed by atoms with Crippen molar-refractivity contribution in [2.75, 3.05) is 17.6 Å². The fraction of sp³-hybridized carbons (Fsp3) is 0.154. The van der Waals surface area contributed by atoms with Gasteiger partial charge in [0.2, 0.25) is 0 Å². The third-order valence-electron chi connectivity index (χ3n) is 2.68. The predicted molar refractivity (Wildman–Crippen MR) is 69.3 cm³/mol. The zero-order chi connectivity index (χ0) is 12.4. The molecule has 2 aromatic heterocycles. The molecule has 2 heterocycles. The number of rotatable bonds is 4. The number of aromatic nitrogens is 1. The van der Waals surface area contributed by atoms with Crippen LogP contribution in [-0.2, 0) is 6.42 Å². The van der Waals surface area contributed by atoms with Crippen LogP contribution in [-0.4, -0.2) is 11.5 Å². The molecular weight excluding hydrogens is 230 g/mol. The van der Waals surface area contributed by atoms with E-state index in [-0.39, 0.29) is 0 Å². The maximum atomic E-state index is 5.81. The molecular formula is C13H13N3O2. The van der Waals surface area contributed by atoms with Gasteiger partial charge in [-0.1, -0.05) is 6.07 Å². The van der Waals surface area contributed by atoms with E-state index < -0.39 is 0 Å². The van der Waals surface area contributed by atoms with Crippen molar-refractivity contribution in [1.29, 1.82) is 0 Å². The molecule has 0 saturated carbocycles. The lowest BCUT2D eigenvalue weighted by Gasteiger charge is -1.98. The summed E-state index contributed by atoms with van der Waals surface area (Å²) >= 11 is 0. The quantitative estimate of drug-likeness (QED) is 0.689. The van der Waals surface area contributed by atoms with Gasteiger partial charge in [0.1, 0.15) is 11.3 Å². The van der Waals surface area contributed by atoms with Gasteiger partial charge in [-0.05, 0) is 24.3 Å². The molecule has 0 atom stereocenters. The Morgan fingerprint density at radius 1 is 1.22 bits per heavy atom. The summed E-state index contributed by atoms with van der Waals surface area (Å²) < 4.78 is 10.8. The molecule has 1 aromatic carbocycles. The van der Waals surface area contributed by atoms with Crippen molar-refractivity contribution in [3.63, 3.8) is 0 Å². The number of hydrogen-bond acceptors (Lipinski definition) is 5. The second-order valence-corrected chi connectivity index (χ2v) is 3.97. The molecule has 0 aliphatic heterocycles. The normalized spacial score (nSPS) is 10.9. The van der Waals surface area contributed by atoms with Crippen molar-refractivity contribution in [1.82, 2.24) is 4.98 Å². The van der Waals surface area contributed by atoms with Gasteiger partial charge in [0.25, 0.3) is 6.01 Å². The standard InChI is InChI=1S/C13H13N3O2/c14-10-4-1-5-11-12(10)16-13(18-11)15-7-6-9-3-2-8-17-9/h1-5,8H,6-7,14H2,(H,15,16). The van der Waals surface area contributed by atoms with Crippen LogP contribution in [0.5, 0.6) is 0 Å². The van der Waals surface area contributed by atoms with Crippen molar-refractivity contribution in [3.05, 3.63) is 42.4 Å². The Bertz CT molecular complexity index is 643. The minimum Gasteiger partial charge on any atom is -0.469 e. The van der Waals surface area contributed by atoms with Crippen LogP contribution in [0.1, 0.15) is 5.76 Å². The molecule has 0 amide bonds. The fourth-order valence-electron chi connectivity index (χ4n) is 1.79. The second kappa shape index (κ2) is 4.44. The Morgan fingerprint density at radius 3 is 2.94 bits per heavy atom. The van der Waals surface area contributed by atoms with Gasteiger partial charge in [-0.3, -0.25) is 0 Å². The van der Waals surface area contributed by atoms with E-state index in [0.717, 1.165) is 12.2 Å². The maximum Gasteiger partial charge on any atom is 0.295 e. The van der Waals surface area contributed by atoms with Crippen LogP contribution >= 0.6 is 0 Å². The molecule has 3 aromatic rings. The molecule has 0 radical (unpaired) electrons. The summed E-state index contributed by atoms with van der Waals surface area (Å²) in [5.74, 6) is 0.929. The van der Waals surface area contributed by atoms with Crippen LogP contribution in [0, 0.1) is 0 Å². The zero-order valence-electron chi connectivity index (χ0n) is 9.72. The summed E-state index contributed by atoms with van der Waals surface area (Å²) in [4.78, 5) is 4.30. The molecule has 0 unspecified atom stereocenters. The highest BCUT2D eigenvalue weighted by Gasteiger charge is 2.07. The molecule has 0 aliphatic rings. The summed E-state index contributed by atoms with van der Waals surface area (Å²) in [6.45, 7) is 0.695. The average Bonchev–Trinajstić information content (AvgIpc) is 2.98. The molecule has 0 aliphatic carbocycles. The first-order valence-electron chi connectivity index (χ1n) is 5.74. The van der Waals surface area contributed by atoms with Gasteiger partial charge < -0.3 is 19.9 Å². The Labute approximate surface area is 104 Å². The van der Waals surface area contributed by atoms with Crippen LogP contribution in [0.3, 0.4) is 0 Å². The van der Waals surface area contributed by atoms with Gasteiger partial charge in [-0.15, -0.1) is 0 Å². The summed E-state index contributed by atoms with van der Waals surface area (Å²) in [6.07, 6.45) is 2.44. The fourth-order valence-corrected chi connectivity index (χ4v) is 1.79. The molecule has 3 rings (SSSR count). The van der Waals surface area contributed by atoms with Gasteiger partial charge in [0.15, 0.2) is 5.58 Å². The first kappa shape index (κ1) is 10.7. The van der Waals surface area contributed by atoms with Crippen molar-refractivity contribution in [3.8, 4) is 0 Å². The molecule has 18 heavy (non-hydrogen) atoms. The second-order valence-electron chi connectivity index (χ2n) is 3.97. The van der Waals surface area contributed by atoms with Gasteiger partial charge in [-0.25, -0.2) is 0 Å². The van der Waals surface area contributed by atoms with E-state index in [2.05, 4.69) is 10.3 Å². The van der Waals surface area contributed by atoms with Crippen molar-refractivity contribution >= 4 is 22.8 Å². The number of hydrogen-bond donors (Lipinski definition) is 2. The number of benzene rings is 1. The lowest BCUT2D eigenvalue weighted by atomic mass is 10.3. The van der Waals surface area contributed by atoms with Gasteiger partial charge >= 0.3 is 0 Å². The first-order chi connectivity index (χ1) is 8.83. The third-order valence-corrected chi connectivity index (χ3v) is 2.68. The summed E-state index contributed by atoms with van der Waals surface area (Å²) in [6, 6.07) is 9.78. The minimum atomic E-state index is 0.481. The van der Waals surface area contributed by atoms with E-state index in [1.165, 1.54) is 0 Å². The van der Waals surface area contributed by atoms with Crippen LogP contribution < -0.4 is 11.1 Å². The highest BCUT2D eigenvalue weighted by Crippen LogP contribution is 2.23. The number of furan rings is 1. The van der Waals surface area contributed by atoms with Gasteiger partial charge in [-0.2, -0.15) is 4.98 Å². The molecule has 0 fully saturated rings. The molecule has 0 spiro atoms. The van der Waals surface area contributed by atoms with Crippen LogP contribution in [0.25, 0.3) is 11.1 Å². The Morgan fingerprint density at radius 2 is 2.17 bits per heavy atom. The average molecular weight is 243 g/mol. The molecule has 3 N–H and O–H groups in total. The molecule has 5 nitrogen and oxygen atoms in total. The first-order valence-corrected chi connectivity index (χ1v) is 5.74. The Balaban J connectivity index is 1.69. The van der Waals surface area contributed by atoms with E-state index >= 15 is 0 Å². The van der Waals surface area contributed by atoms with E-state index in [1.807, 2.05) is 24.3 Å². The smallest absolute Gasteiger partial charge is 0.295 e. The summed E-state index contributed by atoms with van der Waals surface area (Å²) in [5.41, 5.74) is 7.81. The maximum absolute atomic E-state index is 5.81. The van der Waals surface area contributed by atoms with Gasteiger partial charge in [0, 0.05) is 13.0 Å². The number of fused-ring (bicyclic) bond motifs is 1. The summed E-state index contributed by atoms with van der Waals surface area (Å²) in [5, 5.41) is 3.11. The molecule has 0 bridgehead atoms. The highest BCUT2D eigenvalue weighted by atomic mass is 16.4. The Kier molecular flexibility index (Phi) is 2.64. The SMILES string of the molecule is Nc1cccc2oc(NCCc3ccco3)nc12. The molecule has 92 valence electrons. The lowest BCUT2D eigenvalue weighted by Crippen LogP contribution is -2.04. The van der Waals surface area contributed by atoms with E-state index in [0.29, 0.717) is 29.3 Å². The predicted octanol–water partition coefficient (Wildman–Crippen LogP) is 2.66. The molecule has 0 saturated heterocycles. The minimum absolute atomic E-state index is 0.481. The van der Waals surface area contributed by atoms with E-state index in [9.17, 15) is 0 Å². The number of nitrogens with zero attached hydrogens (tertiary/aromatic N) is 1. The van der Waals surface area contributed by atoms with Crippen LogP contribution in [0.15, 0.2) is 45.4 Å². The highest BCUT2D eigenvalue weighted by molar-refractivity contribution is 5.86. The number of nitrogens with two attached hydrogens (primary N) is 1. The largest absolute Gasteiger partial charge is 0.469 e. The number of anilines is 2. The van der Waals surface area contributed by atoms with Crippen molar-refractivity contribution in [2.45, 2.75) is 6.42 Å².